The van der Waals surface area contributed by atoms with E-state index in [1.807, 2.05) is 62.4 Å². The molecule has 0 amide bonds. The van der Waals surface area contributed by atoms with Gasteiger partial charge >= 0.3 is 5.97 Å². The van der Waals surface area contributed by atoms with Gasteiger partial charge in [0.05, 0.1) is 30.5 Å². The van der Waals surface area contributed by atoms with Gasteiger partial charge in [-0.05, 0) is 37.1 Å². The van der Waals surface area contributed by atoms with Crippen LogP contribution in [0.3, 0.4) is 0 Å². The van der Waals surface area contributed by atoms with Crippen LogP contribution in [0.15, 0.2) is 53.1 Å². The highest BCUT2D eigenvalue weighted by molar-refractivity contribution is 5.96. The number of fused-ring (bicyclic) bond motifs is 1. The third-order valence-electron chi connectivity index (χ3n) is 5.77. The molecule has 1 saturated heterocycles. The van der Waals surface area contributed by atoms with E-state index in [-0.39, 0.29) is 11.9 Å². The zero-order valence-electron chi connectivity index (χ0n) is 17.8. The van der Waals surface area contributed by atoms with Gasteiger partial charge in [0.1, 0.15) is 11.6 Å². The number of aromatic carboxylic acids is 1. The Hall–Kier alpha value is -3.78. The van der Waals surface area contributed by atoms with Crippen molar-refractivity contribution in [2.75, 3.05) is 24.7 Å². The summed E-state index contributed by atoms with van der Waals surface area (Å²) < 4.78 is 11.1. The van der Waals surface area contributed by atoms with Crippen molar-refractivity contribution in [2.24, 2.45) is 0 Å². The SMILES string of the molecule is Cc1noc(C)c1-c1ccc2nc(C(=O)O)nc(N3CCOCC3c3ccccc3)c2c1. The summed E-state index contributed by atoms with van der Waals surface area (Å²) >= 11 is 0. The predicted octanol–water partition coefficient (Wildman–Crippen LogP) is 4.18. The van der Waals surface area contributed by atoms with Crippen molar-refractivity contribution in [2.45, 2.75) is 19.9 Å². The van der Waals surface area contributed by atoms with E-state index in [2.05, 4.69) is 20.0 Å². The van der Waals surface area contributed by atoms with Crippen LogP contribution in [-0.4, -0.2) is 46.0 Å². The fourth-order valence-corrected chi connectivity index (χ4v) is 4.29. The molecule has 1 aliphatic heterocycles. The summed E-state index contributed by atoms with van der Waals surface area (Å²) in [5.41, 5.74) is 4.28. The van der Waals surface area contributed by atoms with E-state index in [4.69, 9.17) is 9.26 Å². The third kappa shape index (κ3) is 3.48. The van der Waals surface area contributed by atoms with Gasteiger partial charge in [0.15, 0.2) is 0 Å². The van der Waals surface area contributed by atoms with Crippen LogP contribution in [0, 0.1) is 13.8 Å². The largest absolute Gasteiger partial charge is 0.475 e. The number of carboxylic acids is 1. The molecule has 4 aromatic rings. The van der Waals surface area contributed by atoms with Crippen LogP contribution in [-0.2, 0) is 4.74 Å². The number of nitrogens with zero attached hydrogens (tertiary/aromatic N) is 4. The minimum atomic E-state index is -1.16. The van der Waals surface area contributed by atoms with Gasteiger partial charge in [-0.2, -0.15) is 0 Å². The van der Waals surface area contributed by atoms with Gasteiger partial charge in [-0.15, -0.1) is 0 Å². The second kappa shape index (κ2) is 8.05. The van der Waals surface area contributed by atoms with E-state index < -0.39 is 5.97 Å². The number of carboxylic acid groups (broad SMARTS) is 1. The van der Waals surface area contributed by atoms with E-state index in [1.54, 1.807) is 0 Å². The molecule has 2 aromatic carbocycles. The minimum absolute atomic E-state index is 0.0904. The summed E-state index contributed by atoms with van der Waals surface area (Å²) in [6.45, 7) is 5.37. The van der Waals surface area contributed by atoms with E-state index >= 15 is 0 Å². The zero-order valence-corrected chi connectivity index (χ0v) is 17.8. The van der Waals surface area contributed by atoms with Gasteiger partial charge in [0, 0.05) is 17.5 Å². The van der Waals surface area contributed by atoms with Gasteiger partial charge in [0.25, 0.3) is 0 Å². The molecular weight excluding hydrogens is 408 g/mol. The van der Waals surface area contributed by atoms with E-state index in [1.165, 1.54) is 0 Å². The van der Waals surface area contributed by atoms with Crippen LogP contribution in [0.25, 0.3) is 22.0 Å². The molecule has 1 N–H and O–H groups in total. The van der Waals surface area contributed by atoms with Crippen LogP contribution in [0.2, 0.25) is 0 Å². The molecule has 8 nitrogen and oxygen atoms in total. The molecular formula is C24H22N4O4. The highest BCUT2D eigenvalue weighted by atomic mass is 16.5. The van der Waals surface area contributed by atoms with Gasteiger partial charge in [-0.1, -0.05) is 41.6 Å². The molecule has 1 atom stereocenters. The monoisotopic (exact) mass is 430 g/mol. The number of hydrogen-bond acceptors (Lipinski definition) is 7. The first-order valence-corrected chi connectivity index (χ1v) is 10.4. The number of hydrogen-bond donors (Lipinski definition) is 1. The summed E-state index contributed by atoms with van der Waals surface area (Å²) in [6, 6.07) is 15.7. The Morgan fingerprint density at radius 2 is 1.94 bits per heavy atom. The lowest BCUT2D eigenvalue weighted by Crippen LogP contribution is -2.40. The lowest BCUT2D eigenvalue weighted by atomic mass is 10.0. The van der Waals surface area contributed by atoms with Gasteiger partial charge < -0.3 is 19.3 Å². The minimum Gasteiger partial charge on any atom is -0.475 e. The fourth-order valence-electron chi connectivity index (χ4n) is 4.29. The molecule has 3 heterocycles. The van der Waals surface area contributed by atoms with E-state index in [0.717, 1.165) is 33.5 Å². The number of carbonyl (C=O) groups is 1. The summed E-state index contributed by atoms with van der Waals surface area (Å²) in [4.78, 5) is 22.7. The molecule has 0 aliphatic carbocycles. The number of aromatic nitrogens is 3. The first kappa shape index (κ1) is 20.1. The Kier molecular flexibility index (Phi) is 5.07. The van der Waals surface area contributed by atoms with Crippen molar-refractivity contribution < 1.29 is 19.2 Å². The lowest BCUT2D eigenvalue weighted by Gasteiger charge is -2.37. The summed E-state index contributed by atoms with van der Waals surface area (Å²) in [7, 11) is 0. The normalized spacial score (nSPS) is 16.4. The summed E-state index contributed by atoms with van der Waals surface area (Å²) in [5, 5.41) is 14.5. The highest BCUT2D eigenvalue weighted by Crippen LogP contribution is 2.36. The molecule has 2 aromatic heterocycles. The molecule has 0 radical (unpaired) electrons. The molecule has 0 bridgehead atoms. The zero-order chi connectivity index (χ0) is 22.2. The maximum Gasteiger partial charge on any atom is 0.374 e. The molecule has 8 heteroatoms. The molecule has 0 saturated carbocycles. The number of anilines is 1. The average Bonchev–Trinajstić information content (AvgIpc) is 3.16. The molecule has 162 valence electrons. The maximum atomic E-state index is 11.8. The second-order valence-corrected chi connectivity index (χ2v) is 7.80. The average molecular weight is 430 g/mol. The van der Waals surface area contributed by atoms with Gasteiger partial charge in [-0.25, -0.2) is 14.8 Å². The maximum absolute atomic E-state index is 11.8. The molecule has 5 rings (SSSR count). The first-order valence-electron chi connectivity index (χ1n) is 10.4. The Morgan fingerprint density at radius 3 is 2.66 bits per heavy atom. The Morgan fingerprint density at radius 1 is 1.12 bits per heavy atom. The van der Waals surface area contributed by atoms with Crippen LogP contribution in [0.5, 0.6) is 0 Å². The number of rotatable bonds is 4. The predicted molar refractivity (Wildman–Crippen MR) is 119 cm³/mol. The van der Waals surface area contributed by atoms with Crippen LogP contribution < -0.4 is 4.90 Å². The Balaban J connectivity index is 1.72. The quantitative estimate of drug-likeness (QED) is 0.515. The molecule has 1 fully saturated rings. The van der Waals surface area contributed by atoms with Crippen LogP contribution >= 0.6 is 0 Å². The topological polar surface area (TPSA) is 102 Å². The number of morpholine rings is 1. The standard InChI is InChI=1S/C24H22N4O4/c1-14-21(15(2)32-27-14)17-8-9-19-18(12-17)23(26-22(25-19)24(29)30)28-10-11-31-13-20(28)16-6-4-3-5-7-16/h3-9,12,20H,10-11,13H2,1-2H3,(H,29,30). The van der Waals surface area contributed by atoms with Gasteiger partial charge in [0.2, 0.25) is 5.82 Å². The number of aryl methyl sites for hydroxylation is 2. The molecule has 1 aliphatic rings. The fraction of sp³-hybridized carbons (Fsp3) is 0.250. The van der Waals surface area contributed by atoms with Crippen LogP contribution in [0.1, 0.15) is 33.7 Å². The lowest BCUT2D eigenvalue weighted by molar-refractivity contribution is 0.0683. The van der Waals surface area contributed by atoms with Crippen molar-refractivity contribution in [3.8, 4) is 11.1 Å². The summed E-state index contributed by atoms with van der Waals surface area (Å²) in [5.74, 6) is -0.0819. The molecule has 1 unspecified atom stereocenters. The summed E-state index contributed by atoms with van der Waals surface area (Å²) in [6.07, 6.45) is 0. The van der Waals surface area contributed by atoms with Crippen molar-refractivity contribution >= 4 is 22.7 Å². The molecule has 32 heavy (non-hydrogen) atoms. The molecule has 0 spiro atoms. The van der Waals surface area contributed by atoms with E-state index in [0.29, 0.717) is 31.1 Å². The van der Waals surface area contributed by atoms with Crippen molar-refractivity contribution in [3.05, 3.63) is 71.4 Å². The van der Waals surface area contributed by atoms with Crippen LogP contribution in [0.4, 0.5) is 5.82 Å². The second-order valence-electron chi connectivity index (χ2n) is 7.80. The van der Waals surface area contributed by atoms with Crippen molar-refractivity contribution in [1.29, 1.82) is 0 Å². The Bertz CT molecular complexity index is 1280. The third-order valence-corrected chi connectivity index (χ3v) is 5.77. The van der Waals surface area contributed by atoms with Gasteiger partial charge in [-0.3, -0.25) is 0 Å². The Labute approximate surface area is 184 Å². The number of benzene rings is 2. The van der Waals surface area contributed by atoms with Crippen molar-refractivity contribution in [1.82, 2.24) is 15.1 Å². The highest BCUT2D eigenvalue weighted by Gasteiger charge is 2.29. The van der Waals surface area contributed by atoms with E-state index in [9.17, 15) is 9.90 Å². The first-order chi connectivity index (χ1) is 15.5. The van der Waals surface area contributed by atoms with Crippen molar-refractivity contribution in [3.63, 3.8) is 0 Å². The smallest absolute Gasteiger partial charge is 0.374 e. The number of ether oxygens (including phenoxy) is 1.